The number of hydrogen-bond acceptors (Lipinski definition) is 5. The quantitative estimate of drug-likeness (QED) is 0.575. The van der Waals surface area contributed by atoms with Gasteiger partial charge in [-0.3, -0.25) is 9.59 Å². The Labute approximate surface area is 212 Å². The zero-order valence-corrected chi connectivity index (χ0v) is 21.0. The van der Waals surface area contributed by atoms with Gasteiger partial charge in [0.05, 0.1) is 5.92 Å². The molecule has 2 aromatic carbocycles. The Morgan fingerprint density at radius 3 is 2.39 bits per heavy atom. The van der Waals surface area contributed by atoms with Crippen LogP contribution in [-0.2, 0) is 4.79 Å². The average Bonchev–Trinajstić information content (AvgIpc) is 3.42. The van der Waals surface area contributed by atoms with E-state index in [1.807, 2.05) is 54.3 Å². The third-order valence-electron chi connectivity index (χ3n) is 7.63. The number of benzene rings is 2. The lowest BCUT2D eigenvalue weighted by atomic mass is 9.89. The van der Waals surface area contributed by atoms with Crippen molar-refractivity contribution in [3.05, 3.63) is 83.0 Å². The van der Waals surface area contributed by atoms with Crippen LogP contribution in [0.4, 0.5) is 11.5 Å². The molecule has 2 fully saturated rings. The first kappa shape index (κ1) is 24.0. The molecule has 0 saturated carbocycles. The summed E-state index contributed by atoms with van der Waals surface area (Å²) in [5.41, 5.74) is 5.22. The highest BCUT2D eigenvalue weighted by atomic mass is 16.2. The number of amides is 2. The molecule has 0 unspecified atom stereocenters. The largest absolute Gasteiger partial charge is 0.354 e. The Balaban J connectivity index is 1.12. The molecule has 2 amide bonds. The fraction of sp³-hybridized carbons (Fsp3) is 0.379. The number of anilines is 2. The first-order chi connectivity index (χ1) is 17.5. The van der Waals surface area contributed by atoms with E-state index in [1.165, 1.54) is 11.1 Å². The number of nitrogens with one attached hydrogen (secondary N) is 1. The Kier molecular flexibility index (Phi) is 6.98. The molecule has 0 spiro atoms. The molecule has 1 N–H and O–H groups in total. The summed E-state index contributed by atoms with van der Waals surface area (Å²) in [5, 5.41) is 11.2. The van der Waals surface area contributed by atoms with Crippen LogP contribution in [-0.4, -0.2) is 53.1 Å². The van der Waals surface area contributed by atoms with Gasteiger partial charge in [0.1, 0.15) is 0 Å². The van der Waals surface area contributed by atoms with Crippen molar-refractivity contribution in [2.75, 3.05) is 36.4 Å². The first-order valence-electron chi connectivity index (χ1n) is 12.8. The van der Waals surface area contributed by atoms with Gasteiger partial charge in [-0.15, -0.1) is 5.10 Å². The number of rotatable bonds is 5. The second kappa shape index (κ2) is 10.5. The highest BCUT2D eigenvalue weighted by molar-refractivity contribution is 5.94. The third kappa shape index (κ3) is 5.25. The van der Waals surface area contributed by atoms with Crippen molar-refractivity contribution >= 4 is 23.3 Å². The van der Waals surface area contributed by atoms with E-state index in [0.717, 1.165) is 61.5 Å². The fourth-order valence-electron chi connectivity index (χ4n) is 5.20. The molecule has 0 bridgehead atoms. The van der Waals surface area contributed by atoms with Crippen LogP contribution in [0.1, 0.15) is 52.2 Å². The monoisotopic (exact) mass is 483 g/mol. The molecular formula is C29H33N5O2. The minimum atomic E-state index is -0.0640. The van der Waals surface area contributed by atoms with Gasteiger partial charge in [0.2, 0.25) is 5.91 Å². The Hall–Kier alpha value is -3.74. The molecule has 2 aliphatic rings. The maximum Gasteiger partial charge on any atom is 0.253 e. The van der Waals surface area contributed by atoms with Crippen LogP contribution in [0.3, 0.4) is 0 Å². The highest BCUT2D eigenvalue weighted by Crippen LogP contribution is 2.30. The summed E-state index contributed by atoms with van der Waals surface area (Å²) in [6.45, 7) is 7.10. The zero-order chi connectivity index (χ0) is 25.1. The molecule has 7 nitrogen and oxygen atoms in total. The van der Waals surface area contributed by atoms with Crippen LogP contribution >= 0.6 is 0 Å². The van der Waals surface area contributed by atoms with Crippen LogP contribution in [0, 0.1) is 19.8 Å². The van der Waals surface area contributed by atoms with Crippen LogP contribution in [0.15, 0.2) is 60.8 Å². The lowest BCUT2D eigenvalue weighted by molar-refractivity contribution is -0.119. The number of piperidine rings is 1. The van der Waals surface area contributed by atoms with Crippen molar-refractivity contribution in [1.82, 2.24) is 15.1 Å². The number of likely N-dealkylation sites (tertiary alicyclic amines) is 1. The maximum absolute atomic E-state index is 12.9. The van der Waals surface area contributed by atoms with E-state index in [0.29, 0.717) is 12.5 Å². The van der Waals surface area contributed by atoms with Gasteiger partial charge in [-0.25, -0.2) is 0 Å². The van der Waals surface area contributed by atoms with Crippen molar-refractivity contribution in [2.45, 2.75) is 39.0 Å². The molecule has 36 heavy (non-hydrogen) atoms. The predicted molar refractivity (Wildman–Crippen MR) is 141 cm³/mol. The first-order valence-corrected chi connectivity index (χ1v) is 12.8. The minimum absolute atomic E-state index is 0.0484. The van der Waals surface area contributed by atoms with E-state index in [4.69, 9.17) is 0 Å². The topological polar surface area (TPSA) is 78.4 Å². The van der Waals surface area contributed by atoms with Crippen LogP contribution in [0.2, 0.25) is 0 Å². The Bertz CT molecular complexity index is 1220. The van der Waals surface area contributed by atoms with Crippen molar-refractivity contribution in [1.29, 1.82) is 0 Å². The summed E-state index contributed by atoms with van der Waals surface area (Å²) < 4.78 is 0. The van der Waals surface area contributed by atoms with Gasteiger partial charge in [0, 0.05) is 43.6 Å². The second-order valence-electron chi connectivity index (χ2n) is 9.99. The Morgan fingerprint density at radius 2 is 1.69 bits per heavy atom. The van der Waals surface area contributed by atoms with Crippen LogP contribution in [0.5, 0.6) is 0 Å². The van der Waals surface area contributed by atoms with Crippen molar-refractivity contribution in [2.24, 2.45) is 5.92 Å². The van der Waals surface area contributed by atoms with Crippen LogP contribution < -0.4 is 10.2 Å². The molecule has 7 heteroatoms. The van der Waals surface area contributed by atoms with Crippen molar-refractivity contribution in [3.8, 4) is 0 Å². The molecule has 3 heterocycles. The zero-order valence-electron chi connectivity index (χ0n) is 21.0. The van der Waals surface area contributed by atoms with Crippen molar-refractivity contribution in [3.63, 3.8) is 0 Å². The second-order valence-corrected chi connectivity index (χ2v) is 9.99. The molecule has 186 valence electrons. The van der Waals surface area contributed by atoms with Gasteiger partial charge >= 0.3 is 0 Å². The van der Waals surface area contributed by atoms with E-state index in [9.17, 15) is 9.59 Å². The normalized spacial score (nSPS) is 18.3. The van der Waals surface area contributed by atoms with Gasteiger partial charge in [-0.1, -0.05) is 18.2 Å². The smallest absolute Gasteiger partial charge is 0.253 e. The van der Waals surface area contributed by atoms with E-state index >= 15 is 0 Å². The summed E-state index contributed by atoms with van der Waals surface area (Å²) in [7, 11) is 0. The summed E-state index contributed by atoms with van der Waals surface area (Å²) in [6.07, 6.45) is 4.35. The van der Waals surface area contributed by atoms with Gasteiger partial charge in [-0.2, -0.15) is 5.10 Å². The molecule has 1 atom stereocenters. The molecule has 2 saturated heterocycles. The van der Waals surface area contributed by atoms with Gasteiger partial charge in [-0.05, 0) is 92.1 Å². The summed E-state index contributed by atoms with van der Waals surface area (Å²) >= 11 is 0. The van der Waals surface area contributed by atoms with Crippen LogP contribution in [0.25, 0.3) is 0 Å². The molecular weight excluding hydrogens is 450 g/mol. The highest BCUT2D eigenvalue weighted by Gasteiger charge is 2.29. The molecule has 0 aliphatic carbocycles. The summed E-state index contributed by atoms with van der Waals surface area (Å²) in [4.78, 5) is 29.8. The van der Waals surface area contributed by atoms with Crippen molar-refractivity contribution < 1.29 is 9.59 Å². The lowest BCUT2D eigenvalue weighted by Gasteiger charge is -2.32. The van der Waals surface area contributed by atoms with Gasteiger partial charge in [0.15, 0.2) is 5.82 Å². The molecule has 2 aliphatic heterocycles. The number of carbonyl (C=O) groups is 2. The molecule has 0 radical (unpaired) electrons. The number of aromatic nitrogens is 2. The molecule has 1 aromatic heterocycles. The number of aryl methyl sites for hydroxylation is 2. The summed E-state index contributed by atoms with van der Waals surface area (Å²) in [5.74, 6) is 1.35. The van der Waals surface area contributed by atoms with E-state index in [-0.39, 0.29) is 17.7 Å². The van der Waals surface area contributed by atoms with Gasteiger partial charge in [0.25, 0.3) is 5.91 Å². The fourth-order valence-corrected chi connectivity index (χ4v) is 5.20. The number of carbonyl (C=O) groups excluding carboxylic acids is 2. The van der Waals surface area contributed by atoms with E-state index < -0.39 is 0 Å². The SMILES string of the molecule is Cc1ccc(C(=O)N2CCC(c3ccc(NC(=O)[C@H]4CCN(c5cccnn5)C4)cc3)CC2)cc1C. The predicted octanol–water partition coefficient (Wildman–Crippen LogP) is 4.58. The maximum atomic E-state index is 12.9. The Morgan fingerprint density at radius 1 is 0.917 bits per heavy atom. The molecule has 3 aromatic rings. The number of nitrogens with zero attached hydrogens (tertiary/aromatic N) is 4. The number of hydrogen-bond donors (Lipinski definition) is 1. The standard InChI is InChI=1S/C29H33N5O2/c1-20-5-6-24(18-21(20)2)29(36)33-15-11-23(12-16-33)22-7-9-26(10-8-22)31-28(35)25-13-17-34(19-25)27-4-3-14-30-32-27/h3-10,14,18,23,25H,11-13,15-17,19H2,1-2H3,(H,31,35)/t25-/m0/s1. The van der Waals surface area contributed by atoms with E-state index in [1.54, 1.807) is 6.20 Å². The molecule has 5 rings (SSSR count). The summed E-state index contributed by atoms with van der Waals surface area (Å²) in [6, 6.07) is 18.0. The average molecular weight is 484 g/mol. The minimum Gasteiger partial charge on any atom is -0.354 e. The van der Waals surface area contributed by atoms with Gasteiger partial charge < -0.3 is 15.1 Å². The third-order valence-corrected chi connectivity index (χ3v) is 7.63. The van der Waals surface area contributed by atoms with E-state index in [2.05, 4.69) is 39.5 Å². The lowest BCUT2D eigenvalue weighted by Crippen LogP contribution is -2.38.